The molecule has 0 saturated carbocycles. The van der Waals surface area contributed by atoms with Crippen LogP contribution in [0.15, 0.2) is 36.4 Å². The zero-order chi connectivity index (χ0) is 13.3. The molecule has 0 saturated heterocycles. The molecule has 0 aliphatic carbocycles. The maximum Gasteiger partial charge on any atom is 0.335 e. The quantitative estimate of drug-likeness (QED) is 0.831. The minimum atomic E-state index is -1.29. The molecule has 1 N–H and O–H groups in total. The Kier molecular flexibility index (Phi) is 3.06. The summed E-state index contributed by atoms with van der Waals surface area (Å²) in [6, 6.07) is 6.47. The fourth-order valence-corrected chi connectivity index (χ4v) is 1.56. The lowest BCUT2D eigenvalue weighted by atomic mass is 10.0. The van der Waals surface area contributed by atoms with Gasteiger partial charge in [0.1, 0.15) is 5.82 Å². The molecule has 0 radical (unpaired) electrons. The van der Waals surface area contributed by atoms with Gasteiger partial charge >= 0.3 is 5.97 Å². The van der Waals surface area contributed by atoms with Crippen LogP contribution in [0.1, 0.15) is 10.4 Å². The molecule has 0 heterocycles. The number of halogens is 3. The Morgan fingerprint density at radius 2 is 1.61 bits per heavy atom. The van der Waals surface area contributed by atoms with Gasteiger partial charge in [0, 0.05) is 11.6 Å². The minimum absolute atomic E-state index is 0.0587. The predicted molar refractivity (Wildman–Crippen MR) is 58.7 cm³/mol. The summed E-state index contributed by atoms with van der Waals surface area (Å²) < 4.78 is 39.3. The molecule has 0 aromatic heterocycles. The van der Waals surface area contributed by atoms with E-state index in [2.05, 4.69) is 0 Å². The maximum absolute atomic E-state index is 13.5. The zero-order valence-electron chi connectivity index (χ0n) is 8.95. The standard InChI is InChI=1S/C13H7F3O2/c14-10-6-12(16)11(15)5-9(10)7-2-1-3-8(4-7)13(17)18/h1-6H,(H,17,18). The molecule has 2 aromatic carbocycles. The normalized spacial score (nSPS) is 10.4. The van der Waals surface area contributed by atoms with Gasteiger partial charge in [-0.3, -0.25) is 0 Å². The molecule has 2 rings (SSSR count). The molecule has 2 aromatic rings. The van der Waals surface area contributed by atoms with Gasteiger partial charge in [-0.05, 0) is 23.8 Å². The number of carboxylic acid groups (broad SMARTS) is 1. The summed E-state index contributed by atoms with van der Waals surface area (Å²) in [7, 11) is 0. The highest BCUT2D eigenvalue weighted by atomic mass is 19.2. The number of hydrogen-bond acceptors (Lipinski definition) is 1. The molecule has 0 aliphatic heterocycles. The lowest BCUT2D eigenvalue weighted by molar-refractivity contribution is 0.0697. The average Bonchev–Trinajstić information content (AvgIpc) is 2.34. The number of aromatic carboxylic acids is 1. The van der Waals surface area contributed by atoms with Gasteiger partial charge in [-0.25, -0.2) is 18.0 Å². The van der Waals surface area contributed by atoms with E-state index >= 15 is 0 Å². The van der Waals surface area contributed by atoms with Crippen LogP contribution in [0.3, 0.4) is 0 Å². The summed E-state index contributed by atoms with van der Waals surface area (Å²) in [6.07, 6.45) is 0. The second-order valence-electron chi connectivity index (χ2n) is 3.63. The van der Waals surface area contributed by atoms with E-state index in [-0.39, 0.29) is 16.7 Å². The third-order valence-corrected chi connectivity index (χ3v) is 2.43. The molecule has 0 fully saturated rings. The van der Waals surface area contributed by atoms with Crippen LogP contribution in [-0.2, 0) is 0 Å². The molecule has 18 heavy (non-hydrogen) atoms. The maximum atomic E-state index is 13.5. The van der Waals surface area contributed by atoms with Crippen molar-refractivity contribution < 1.29 is 23.1 Å². The smallest absolute Gasteiger partial charge is 0.335 e. The Balaban J connectivity index is 2.58. The molecular weight excluding hydrogens is 245 g/mol. The third-order valence-electron chi connectivity index (χ3n) is 2.43. The Morgan fingerprint density at radius 1 is 0.944 bits per heavy atom. The number of rotatable bonds is 2. The number of benzene rings is 2. The Labute approximate surface area is 100 Å². The van der Waals surface area contributed by atoms with E-state index in [9.17, 15) is 18.0 Å². The summed E-state index contributed by atoms with van der Waals surface area (Å²) in [5.41, 5.74) is -0.0695. The molecule has 0 bridgehead atoms. The van der Waals surface area contributed by atoms with Gasteiger partial charge < -0.3 is 5.11 Å². The molecule has 5 heteroatoms. The Morgan fingerprint density at radius 3 is 2.28 bits per heavy atom. The molecule has 0 spiro atoms. The van der Waals surface area contributed by atoms with Gasteiger partial charge in [-0.15, -0.1) is 0 Å². The van der Waals surface area contributed by atoms with E-state index in [1.54, 1.807) is 0 Å². The van der Waals surface area contributed by atoms with Crippen molar-refractivity contribution >= 4 is 5.97 Å². The summed E-state index contributed by atoms with van der Waals surface area (Å²) in [6.45, 7) is 0. The fourth-order valence-electron chi connectivity index (χ4n) is 1.56. The molecular formula is C13H7F3O2. The van der Waals surface area contributed by atoms with Crippen LogP contribution in [0, 0.1) is 17.5 Å². The summed E-state index contributed by atoms with van der Waals surface area (Å²) in [5, 5.41) is 8.80. The fraction of sp³-hybridized carbons (Fsp3) is 0. The van der Waals surface area contributed by atoms with Crippen molar-refractivity contribution in [2.75, 3.05) is 0 Å². The molecule has 0 aliphatic rings. The van der Waals surface area contributed by atoms with Gasteiger partial charge in [0.2, 0.25) is 0 Å². The first-order valence-electron chi connectivity index (χ1n) is 4.97. The van der Waals surface area contributed by atoms with Gasteiger partial charge in [-0.2, -0.15) is 0 Å². The van der Waals surface area contributed by atoms with Crippen LogP contribution in [0.25, 0.3) is 11.1 Å². The van der Waals surface area contributed by atoms with Gasteiger partial charge in [-0.1, -0.05) is 12.1 Å². The first kappa shape index (κ1) is 12.2. The minimum Gasteiger partial charge on any atom is -0.478 e. The van der Waals surface area contributed by atoms with Crippen LogP contribution >= 0.6 is 0 Å². The van der Waals surface area contributed by atoms with Crippen LogP contribution < -0.4 is 0 Å². The number of carbonyl (C=O) groups is 1. The lowest BCUT2D eigenvalue weighted by Gasteiger charge is -2.05. The zero-order valence-corrected chi connectivity index (χ0v) is 8.95. The molecule has 0 amide bonds. The SMILES string of the molecule is O=C(O)c1cccc(-c2cc(F)c(F)cc2F)c1. The van der Waals surface area contributed by atoms with Crippen LogP contribution in [-0.4, -0.2) is 11.1 Å². The van der Waals surface area contributed by atoms with E-state index in [1.807, 2.05) is 0 Å². The van der Waals surface area contributed by atoms with Gasteiger partial charge in [0.25, 0.3) is 0 Å². The monoisotopic (exact) mass is 252 g/mol. The topological polar surface area (TPSA) is 37.3 Å². The van der Waals surface area contributed by atoms with Crippen molar-refractivity contribution in [2.45, 2.75) is 0 Å². The highest BCUT2D eigenvalue weighted by molar-refractivity contribution is 5.89. The second-order valence-corrected chi connectivity index (χ2v) is 3.63. The van der Waals surface area contributed by atoms with Crippen LogP contribution in [0.2, 0.25) is 0 Å². The molecule has 92 valence electrons. The predicted octanol–water partition coefficient (Wildman–Crippen LogP) is 3.47. The van der Waals surface area contributed by atoms with Gasteiger partial charge in [0.05, 0.1) is 5.56 Å². The highest BCUT2D eigenvalue weighted by Gasteiger charge is 2.12. The summed E-state index contributed by atoms with van der Waals surface area (Å²) >= 11 is 0. The second kappa shape index (κ2) is 4.52. The van der Waals surface area contributed by atoms with E-state index in [0.717, 1.165) is 0 Å². The van der Waals surface area contributed by atoms with E-state index in [4.69, 9.17) is 5.11 Å². The number of carboxylic acids is 1. The number of hydrogen-bond donors (Lipinski definition) is 1. The molecule has 0 unspecified atom stereocenters. The van der Waals surface area contributed by atoms with Crippen LogP contribution in [0.4, 0.5) is 13.2 Å². The lowest BCUT2D eigenvalue weighted by Crippen LogP contribution is -1.97. The first-order valence-corrected chi connectivity index (χ1v) is 4.97. The third kappa shape index (κ3) is 2.20. The van der Waals surface area contributed by atoms with Crippen molar-refractivity contribution in [1.29, 1.82) is 0 Å². The first-order chi connectivity index (χ1) is 8.49. The Bertz CT molecular complexity index is 624. The van der Waals surface area contributed by atoms with Crippen molar-refractivity contribution in [3.05, 3.63) is 59.4 Å². The van der Waals surface area contributed by atoms with E-state index in [0.29, 0.717) is 12.1 Å². The average molecular weight is 252 g/mol. The van der Waals surface area contributed by atoms with Crippen molar-refractivity contribution in [2.24, 2.45) is 0 Å². The largest absolute Gasteiger partial charge is 0.478 e. The summed E-state index contributed by atoms with van der Waals surface area (Å²) in [4.78, 5) is 10.8. The summed E-state index contributed by atoms with van der Waals surface area (Å²) in [5.74, 6) is -4.60. The van der Waals surface area contributed by atoms with Crippen molar-refractivity contribution in [3.8, 4) is 11.1 Å². The molecule has 0 atom stereocenters. The highest BCUT2D eigenvalue weighted by Crippen LogP contribution is 2.25. The van der Waals surface area contributed by atoms with Crippen LogP contribution in [0.5, 0.6) is 0 Å². The Hall–Kier alpha value is -2.30. The van der Waals surface area contributed by atoms with Crippen molar-refractivity contribution in [1.82, 2.24) is 0 Å². The van der Waals surface area contributed by atoms with E-state index in [1.165, 1.54) is 24.3 Å². The van der Waals surface area contributed by atoms with Crippen molar-refractivity contribution in [3.63, 3.8) is 0 Å². The van der Waals surface area contributed by atoms with E-state index < -0.39 is 23.4 Å². The molecule has 2 nitrogen and oxygen atoms in total. The van der Waals surface area contributed by atoms with Gasteiger partial charge in [0.15, 0.2) is 11.6 Å².